The van der Waals surface area contributed by atoms with E-state index in [1.165, 1.54) is 0 Å². The van der Waals surface area contributed by atoms with E-state index in [-0.39, 0.29) is 6.61 Å². The van der Waals surface area contributed by atoms with Crippen LogP contribution >= 0.6 is 0 Å². The first-order chi connectivity index (χ1) is 15.1. The summed E-state index contributed by atoms with van der Waals surface area (Å²) in [5.41, 5.74) is 11.6. The second-order valence-corrected chi connectivity index (χ2v) is 7.16. The Morgan fingerprint density at radius 3 is 2.58 bits per heavy atom. The third-order valence-electron chi connectivity index (χ3n) is 5.22. The number of hydrogen-bond acceptors (Lipinski definition) is 4. The number of rotatable bonds is 6. The second-order valence-electron chi connectivity index (χ2n) is 7.16. The van der Waals surface area contributed by atoms with Gasteiger partial charge < -0.3 is 19.8 Å². The fraction of sp³-hybridized carbons (Fsp3) is 0.160. The van der Waals surface area contributed by atoms with Crippen LogP contribution in [0.15, 0.2) is 72.8 Å². The van der Waals surface area contributed by atoms with Gasteiger partial charge in [-0.1, -0.05) is 42.5 Å². The van der Waals surface area contributed by atoms with Gasteiger partial charge in [-0.15, -0.1) is 0 Å². The molecule has 0 radical (unpaired) electrons. The first-order valence-corrected chi connectivity index (χ1v) is 10.1. The summed E-state index contributed by atoms with van der Waals surface area (Å²) in [6, 6.07) is 23.0. The molecule has 6 nitrogen and oxygen atoms in total. The topological polar surface area (TPSA) is 78.5 Å². The summed E-state index contributed by atoms with van der Waals surface area (Å²) in [5, 5.41) is 3.77. The first-order valence-electron chi connectivity index (χ1n) is 10.1. The average Bonchev–Trinajstić information content (AvgIpc) is 3.09. The minimum atomic E-state index is -0.505. The lowest BCUT2D eigenvalue weighted by Gasteiger charge is -2.12. The molecule has 1 aromatic heterocycles. The van der Waals surface area contributed by atoms with E-state index in [2.05, 4.69) is 16.8 Å². The summed E-state index contributed by atoms with van der Waals surface area (Å²) >= 11 is 0. The van der Waals surface area contributed by atoms with Crippen molar-refractivity contribution in [1.82, 2.24) is 4.57 Å². The molecule has 0 atom stereocenters. The van der Waals surface area contributed by atoms with Crippen molar-refractivity contribution in [3.63, 3.8) is 0 Å². The molecule has 0 unspecified atom stereocenters. The fourth-order valence-corrected chi connectivity index (χ4v) is 3.74. The highest BCUT2D eigenvalue weighted by atomic mass is 16.5. The van der Waals surface area contributed by atoms with E-state index >= 15 is 0 Å². The van der Waals surface area contributed by atoms with Gasteiger partial charge in [0.15, 0.2) is 0 Å². The van der Waals surface area contributed by atoms with Gasteiger partial charge in [-0.2, -0.15) is 0 Å². The molecule has 0 aliphatic heterocycles. The highest BCUT2D eigenvalue weighted by molar-refractivity contribution is 6.02. The van der Waals surface area contributed by atoms with Gasteiger partial charge in [-0.25, -0.2) is 4.79 Å². The van der Waals surface area contributed by atoms with E-state index in [9.17, 15) is 4.79 Å². The van der Waals surface area contributed by atoms with Crippen molar-refractivity contribution < 1.29 is 14.3 Å². The Hall–Kier alpha value is -3.93. The molecule has 4 aromatic rings. The molecule has 0 bridgehead atoms. The lowest BCUT2D eigenvalue weighted by atomic mass is 10.1. The molecule has 0 spiro atoms. The number of anilines is 2. The third kappa shape index (κ3) is 4.19. The number of nitrogens with one attached hydrogen (secondary N) is 1. The van der Waals surface area contributed by atoms with Crippen molar-refractivity contribution in [1.29, 1.82) is 0 Å². The molecular weight excluding hydrogens is 390 g/mol. The Kier molecular flexibility index (Phi) is 5.80. The maximum Gasteiger partial charge on any atom is 0.411 e. The van der Waals surface area contributed by atoms with Crippen molar-refractivity contribution in [2.24, 2.45) is 0 Å². The van der Waals surface area contributed by atoms with Crippen LogP contribution in [-0.4, -0.2) is 17.8 Å². The molecule has 0 saturated heterocycles. The van der Waals surface area contributed by atoms with Crippen molar-refractivity contribution in [2.75, 3.05) is 18.2 Å². The minimum Gasteiger partial charge on any atom is -0.497 e. The molecular formula is C25H25N3O3. The fourth-order valence-electron chi connectivity index (χ4n) is 3.74. The van der Waals surface area contributed by atoms with Crippen LogP contribution in [0.1, 0.15) is 12.5 Å². The molecule has 4 rings (SSSR count). The molecule has 0 aliphatic carbocycles. The molecule has 0 aliphatic rings. The number of amides is 1. The number of methoxy groups -OCH3 is 1. The number of ether oxygens (including phenoxy) is 2. The van der Waals surface area contributed by atoms with E-state index in [0.717, 1.165) is 40.0 Å². The van der Waals surface area contributed by atoms with Gasteiger partial charge in [-0.05, 0) is 36.8 Å². The van der Waals surface area contributed by atoms with E-state index in [1.807, 2.05) is 72.8 Å². The monoisotopic (exact) mass is 415 g/mol. The Balaban J connectivity index is 1.60. The number of fused-ring (bicyclic) bond motifs is 1. The largest absolute Gasteiger partial charge is 0.497 e. The van der Waals surface area contributed by atoms with Crippen LogP contribution in [-0.2, 0) is 17.9 Å². The number of nitrogen functional groups attached to an aromatic ring is 1. The Morgan fingerprint density at radius 2 is 1.84 bits per heavy atom. The standard InChI is InChI=1S/C25H25N3O3/c1-3-28-22-15-20(30-2)12-13-21(22)23(26)24(28)18-10-7-11-19(14-18)27-25(29)31-16-17-8-5-4-6-9-17/h4-15H,3,16,26H2,1-2H3,(H,27,29). The maximum atomic E-state index is 12.3. The summed E-state index contributed by atoms with van der Waals surface area (Å²) in [6.45, 7) is 3.03. The van der Waals surface area contributed by atoms with Crippen LogP contribution in [0.4, 0.5) is 16.2 Å². The number of benzene rings is 3. The predicted octanol–water partition coefficient (Wildman–Crippen LogP) is 5.67. The molecule has 0 fully saturated rings. The Morgan fingerprint density at radius 1 is 1.03 bits per heavy atom. The number of nitrogens with zero attached hydrogens (tertiary/aromatic N) is 1. The van der Waals surface area contributed by atoms with Crippen LogP contribution in [0.25, 0.3) is 22.2 Å². The van der Waals surface area contributed by atoms with Gasteiger partial charge in [0.05, 0.1) is 24.0 Å². The average molecular weight is 415 g/mol. The Bertz CT molecular complexity index is 1220. The van der Waals surface area contributed by atoms with Crippen LogP contribution in [0, 0.1) is 0 Å². The van der Waals surface area contributed by atoms with E-state index in [4.69, 9.17) is 15.2 Å². The number of carbonyl (C=O) groups excluding carboxylic acids is 1. The normalized spacial score (nSPS) is 10.8. The molecule has 158 valence electrons. The smallest absolute Gasteiger partial charge is 0.411 e. The number of hydrogen-bond donors (Lipinski definition) is 2. The molecule has 3 aromatic carbocycles. The minimum absolute atomic E-state index is 0.214. The van der Waals surface area contributed by atoms with Gasteiger partial charge >= 0.3 is 6.09 Å². The number of carbonyl (C=O) groups is 1. The van der Waals surface area contributed by atoms with Gasteiger partial charge in [0.25, 0.3) is 0 Å². The summed E-state index contributed by atoms with van der Waals surface area (Å²) in [4.78, 5) is 12.3. The van der Waals surface area contributed by atoms with Gasteiger partial charge in [0.1, 0.15) is 12.4 Å². The first kappa shape index (κ1) is 20.3. The van der Waals surface area contributed by atoms with Crippen molar-refractivity contribution >= 4 is 28.4 Å². The number of nitrogens with two attached hydrogens (primary N) is 1. The maximum absolute atomic E-state index is 12.3. The molecule has 31 heavy (non-hydrogen) atoms. The van der Waals surface area contributed by atoms with Crippen molar-refractivity contribution in [3.8, 4) is 17.0 Å². The van der Waals surface area contributed by atoms with E-state index in [0.29, 0.717) is 11.4 Å². The van der Waals surface area contributed by atoms with Crippen LogP contribution in [0.5, 0.6) is 5.75 Å². The van der Waals surface area contributed by atoms with E-state index < -0.39 is 6.09 Å². The highest BCUT2D eigenvalue weighted by Gasteiger charge is 2.17. The Labute approximate surface area is 181 Å². The summed E-state index contributed by atoms with van der Waals surface area (Å²) in [6.07, 6.45) is -0.505. The van der Waals surface area contributed by atoms with Crippen molar-refractivity contribution in [2.45, 2.75) is 20.1 Å². The predicted molar refractivity (Wildman–Crippen MR) is 124 cm³/mol. The highest BCUT2D eigenvalue weighted by Crippen LogP contribution is 2.38. The van der Waals surface area contributed by atoms with Crippen molar-refractivity contribution in [3.05, 3.63) is 78.4 Å². The second kappa shape index (κ2) is 8.83. The molecule has 1 heterocycles. The summed E-state index contributed by atoms with van der Waals surface area (Å²) in [7, 11) is 1.65. The van der Waals surface area contributed by atoms with Gasteiger partial charge in [0.2, 0.25) is 0 Å². The van der Waals surface area contributed by atoms with Gasteiger partial charge in [0, 0.05) is 29.2 Å². The summed E-state index contributed by atoms with van der Waals surface area (Å²) in [5.74, 6) is 0.780. The number of aryl methyl sites for hydroxylation is 1. The third-order valence-corrected chi connectivity index (χ3v) is 5.22. The number of aromatic nitrogens is 1. The summed E-state index contributed by atoms with van der Waals surface area (Å²) < 4.78 is 12.9. The lowest BCUT2D eigenvalue weighted by Crippen LogP contribution is -2.13. The van der Waals surface area contributed by atoms with Crippen LogP contribution in [0.3, 0.4) is 0 Å². The molecule has 1 amide bonds. The zero-order chi connectivity index (χ0) is 21.8. The SMILES string of the molecule is CCn1c(-c2cccc(NC(=O)OCc3ccccc3)c2)c(N)c2ccc(OC)cc21. The van der Waals surface area contributed by atoms with Crippen LogP contribution < -0.4 is 15.8 Å². The van der Waals surface area contributed by atoms with E-state index in [1.54, 1.807) is 7.11 Å². The zero-order valence-electron chi connectivity index (χ0n) is 17.6. The van der Waals surface area contributed by atoms with Gasteiger partial charge in [-0.3, -0.25) is 5.32 Å². The zero-order valence-corrected chi connectivity index (χ0v) is 17.6. The quantitative estimate of drug-likeness (QED) is 0.425. The lowest BCUT2D eigenvalue weighted by molar-refractivity contribution is 0.155. The molecule has 0 saturated carbocycles. The molecule has 3 N–H and O–H groups in total. The molecule has 6 heteroatoms. The van der Waals surface area contributed by atoms with Crippen LogP contribution in [0.2, 0.25) is 0 Å².